The van der Waals surface area contributed by atoms with Crippen LogP contribution < -0.4 is 10.7 Å². The van der Waals surface area contributed by atoms with Gasteiger partial charge < -0.3 is 5.32 Å². The number of amides is 2. The quantitative estimate of drug-likeness (QED) is 0.430. The maximum atomic E-state index is 11.2. The molecule has 0 unspecified atom stereocenters. The Morgan fingerprint density at radius 2 is 2.18 bits per heavy atom. The van der Waals surface area contributed by atoms with E-state index in [0.717, 1.165) is 12.8 Å². The van der Waals surface area contributed by atoms with Crippen molar-refractivity contribution in [3.8, 4) is 0 Å². The van der Waals surface area contributed by atoms with E-state index >= 15 is 0 Å². The van der Waals surface area contributed by atoms with Crippen LogP contribution in [0, 0.1) is 0 Å². The van der Waals surface area contributed by atoms with E-state index in [2.05, 4.69) is 20.8 Å². The zero-order valence-electron chi connectivity index (χ0n) is 9.09. The fourth-order valence-electron chi connectivity index (χ4n) is 1.14. The molecule has 0 radical (unpaired) electrons. The smallest absolute Gasteiger partial charge is 0.329 e. The monoisotopic (exact) mass is 232 g/mol. The lowest BCUT2D eigenvalue weighted by Crippen LogP contribution is -2.38. The maximum absolute atomic E-state index is 11.2. The standard InChI is InChI=1S/C11H12N4O2/c16-10(14-8-4-5-8)11(17)15-13-7-9-3-1-2-6-12-9/h1-3,6-8H,4-5H2,(H,14,16)(H,15,17)/b13-7-. The summed E-state index contributed by atoms with van der Waals surface area (Å²) in [5.41, 5.74) is 2.75. The minimum absolute atomic E-state index is 0.160. The summed E-state index contributed by atoms with van der Waals surface area (Å²) in [6, 6.07) is 5.47. The molecule has 2 rings (SSSR count). The third-order valence-electron chi connectivity index (χ3n) is 2.17. The fourth-order valence-corrected chi connectivity index (χ4v) is 1.14. The van der Waals surface area contributed by atoms with Gasteiger partial charge in [-0.3, -0.25) is 14.6 Å². The molecule has 6 heteroatoms. The van der Waals surface area contributed by atoms with E-state index in [-0.39, 0.29) is 6.04 Å². The molecule has 0 aromatic carbocycles. The molecule has 0 spiro atoms. The van der Waals surface area contributed by atoms with Gasteiger partial charge in [0.1, 0.15) is 0 Å². The molecule has 1 heterocycles. The number of nitrogens with one attached hydrogen (secondary N) is 2. The van der Waals surface area contributed by atoms with Gasteiger partial charge >= 0.3 is 11.8 Å². The highest BCUT2D eigenvalue weighted by Crippen LogP contribution is 2.18. The van der Waals surface area contributed by atoms with Crippen molar-refractivity contribution in [3.05, 3.63) is 30.1 Å². The normalized spacial score (nSPS) is 14.6. The zero-order chi connectivity index (χ0) is 12.1. The number of aromatic nitrogens is 1. The Labute approximate surface area is 98.1 Å². The molecule has 17 heavy (non-hydrogen) atoms. The zero-order valence-corrected chi connectivity index (χ0v) is 9.09. The maximum Gasteiger partial charge on any atom is 0.329 e. The lowest BCUT2D eigenvalue weighted by molar-refractivity contribution is -0.139. The van der Waals surface area contributed by atoms with Gasteiger partial charge in [0.05, 0.1) is 11.9 Å². The van der Waals surface area contributed by atoms with Crippen molar-refractivity contribution >= 4 is 18.0 Å². The highest BCUT2D eigenvalue weighted by molar-refractivity contribution is 6.35. The SMILES string of the molecule is O=C(N/N=C\c1ccccn1)C(=O)NC1CC1. The molecule has 88 valence electrons. The molecule has 1 saturated carbocycles. The number of carbonyl (C=O) groups excluding carboxylic acids is 2. The van der Waals surface area contributed by atoms with Crippen molar-refractivity contribution in [2.45, 2.75) is 18.9 Å². The van der Waals surface area contributed by atoms with E-state index in [1.165, 1.54) is 6.21 Å². The number of pyridine rings is 1. The second-order valence-electron chi connectivity index (χ2n) is 3.70. The molecule has 0 saturated heterocycles. The van der Waals surface area contributed by atoms with Gasteiger partial charge in [-0.1, -0.05) is 6.07 Å². The lowest BCUT2D eigenvalue weighted by atomic mass is 10.4. The Hall–Kier alpha value is -2.24. The molecule has 6 nitrogen and oxygen atoms in total. The van der Waals surface area contributed by atoms with Gasteiger partial charge in [-0.25, -0.2) is 5.43 Å². The summed E-state index contributed by atoms with van der Waals surface area (Å²) in [7, 11) is 0. The van der Waals surface area contributed by atoms with Crippen LogP contribution in [-0.4, -0.2) is 29.1 Å². The predicted molar refractivity (Wildman–Crippen MR) is 61.1 cm³/mol. The molecule has 0 aliphatic heterocycles. The van der Waals surface area contributed by atoms with Crippen LogP contribution in [0.3, 0.4) is 0 Å². The number of carbonyl (C=O) groups is 2. The summed E-state index contributed by atoms with van der Waals surface area (Å²) in [6.45, 7) is 0. The van der Waals surface area contributed by atoms with E-state index in [1.54, 1.807) is 24.4 Å². The topological polar surface area (TPSA) is 83.5 Å². The molecule has 0 atom stereocenters. The van der Waals surface area contributed by atoms with Gasteiger partial charge in [-0.15, -0.1) is 0 Å². The Morgan fingerprint density at radius 3 is 2.82 bits per heavy atom. The Balaban J connectivity index is 1.79. The van der Waals surface area contributed by atoms with Crippen molar-refractivity contribution in [1.29, 1.82) is 0 Å². The molecule has 1 aliphatic carbocycles. The Bertz CT molecular complexity index is 440. The lowest BCUT2D eigenvalue weighted by Gasteiger charge is -2.00. The largest absolute Gasteiger partial charge is 0.345 e. The summed E-state index contributed by atoms with van der Waals surface area (Å²) < 4.78 is 0. The average Bonchev–Trinajstić information content (AvgIpc) is 3.14. The molecule has 2 N–H and O–H groups in total. The number of hydrazone groups is 1. The highest BCUT2D eigenvalue weighted by atomic mass is 16.2. The van der Waals surface area contributed by atoms with Gasteiger partial charge in [0, 0.05) is 12.2 Å². The summed E-state index contributed by atoms with van der Waals surface area (Å²) in [5.74, 6) is -1.41. The molecule has 1 aromatic rings. The fraction of sp³-hybridized carbons (Fsp3) is 0.273. The van der Waals surface area contributed by atoms with Gasteiger partial charge in [-0.2, -0.15) is 5.10 Å². The van der Waals surface area contributed by atoms with Crippen molar-refractivity contribution in [3.63, 3.8) is 0 Å². The third kappa shape index (κ3) is 3.67. The third-order valence-corrected chi connectivity index (χ3v) is 2.17. The first-order valence-electron chi connectivity index (χ1n) is 5.30. The van der Waals surface area contributed by atoms with Gasteiger partial charge in [0.2, 0.25) is 0 Å². The molecular weight excluding hydrogens is 220 g/mol. The van der Waals surface area contributed by atoms with Crippen molar-refractivity contribution in [1.82, 2.24) is 15.7 Å². The van der Waals surface area contributed by atoms with Crippen LogP contribution in [0.4, 0.5) is 0 Å². The minimum Gasteiger partial charge on any atom is -0.345 e. The molecule has 1 aliphatic rings. The number of nitrogens with zero attached hydrogens (tertiary/aromatic N) is 2. The van der Waals surface area contributed by atoms with Crippen molar-refractivity contribution < 1.29 is 9.59 Å². The van der Waals surface area contributed by atoms with Crippen LogP contribution >= 0.6 is 0 Å². The van der Waals surface area contributed by atoms with E-state index in [0.29, 0.717) is 5.69 Å². The van der Waals surface area contributed by atoms with Crippen molar-refractivity contribution in [2.75, 3.05) is 0 Å². The molecular formula is C11H12N4O2. The molecule has 2 amide bonds. The Morgan fingerprint density at radius 1 is 1.35 bits per heavy atom. The van der Waals surface area contributed by atoms with E-state index in [9.17, 15) is 9.59 Å². The van der Waals surface area contributed by atoms with Crippen LogP contribution in [0.25, 0.3) is 0 Å². The van der Waals surface area contributed by atoms with Gasteiger partial charge in [-0.05, 0) is 25.0 Å². The van der Waals surface area contributed by atoms with Gasteiger partial charge in [0.15, 0.2) is 0 Å². The van der Waals surface area contributed by atoms with Crippen LogP contribution in [-0.2, 0) is 9.59 Å². The minimum atomic E-state index is -0.760. The number of rotatable bonds is 3. The van der Waals surface area contributed by atoms with E-state index in [1.807, 2.05) is 0 Å². The second-order valence-corrected chi connectivity index (χ2v) is 3.70. The Kier molecular flexibility index (Phi) is 3.44. The number of hydrogen-bond donors (Lipinski definition) is 2. The first-order valence-corrected chi connectivity index (χ1v) is 5.30. The first kappa shape index (κ1) is 11.3. The van der Waals surface area contributed by atoms with E-state index in [4.69, 9.17) is 0 Å². The highest BCUT2D eigenvalue weighted by Gasteiger charge is 2.26. The first-order chi connectivity index (χ1) is 8.25. The van der Waals surface area contributed by atoms with Crippen LogP contribution in [0.1, 0.15) is 18.5 Å². The predicted octanol–water partition coefficient (Wildman–Crippen LogP) is -0.190. The van der Waals surface area contributed by atoms with Gasteiger partial charge in [0.25, 0.3) is 0 Å². The molecule has 0 bridgehead atoms. The van der Waals surface area contributed by atoms with Crippen molar-refractivity contribution in [2.24, 2.45) is 5.10 Å². The summed E-state index contributed by atoms with van der Waals surface area (Å²) >= 11 is 0. The summed E-state index contributed by atoms with van der Waals surface area (Å²) in [5, 5.41) is 6.20. The van der Waals surface area contributed by atoms with Crippen LogP contribution in [0.15, 0.2) is 29.5 Å². The van der Waals surface area contributed by atoms with Crippen LogP contribution in [0.2, 0.25) is 0 Å². The van der Waals surface area contributed by atoms with Crippen LogP contribution in [0.5, 0.6) is 0 Å². The molecule has 1 fully saturated rings. The average molecular weight is 232 g/mol. The molecule has 1 aromatic heterocycles. The summed E-state index contributed by atoms with van der Waals surface area (Å²) in [4.78, 5) is 26.4. The summed E-state index contributed by atoms with van der Waals surface area (Å²) in [6.07, 6.45) is 4.87. The second kappa shape index (κ2) is 5.20. The number of hydrogen-bond acceptors (Lipinski definition) is 4. The van der Waals surface area contributed by atoms with E-state index < -0.39 is 11.8 Å².